The number of hydrogen-bond donors (Lipinski definition) is 1. The SMILES string of the molecule is COc1ccc([C@@H](C)NS(=O)(=O)c2cc([N+](=O)[O-])ccc2C)cc1. The van der Waals surface area contributed by atoms with Gasteiger partial charge in [-0.3, -0.25) is 10.1 Å². The molecular formula is C16H18N2O5S. The topological polar surface area (TPSA) is 98.5 Å². The molecule has 0 amide bonds. The maximum absolute atomic E-state index is 12.6. The number of nitro groups is 1. The van der Waals surface area contributed by atoms with Crippen LogP contribution < -0.4 is 9.46 Å². The number of nitrogens with zero attached hydrogens (tertiary/aromatic N) is 1. The number of aryl methyl sites for hydroxylation is 1. The van der Waals surface area contributed by atoms with E-state index < -0.39 is 21.0 Å². The van der Waals surface area contributed by atoms with Crippen molar-refractivity contribution in [2.75, 3.05) is 7.11 Å². The van der Waals surface area contributed by atoms with Gasteiger partial charge >= 0.3 is 0 Å². The van der Waals surface area contributed by atoms with E-state index in [0.29, 0.717) is 11.3 Å². The Morgan fingerprint density at radius 1 is 1.17 bits per heavy atom. The number of benzene rings is 2. The smallest absolute Gasteiger partial charge is 0.270 e. The number of hydrogen-bond acceptors (Lipinski definition) is 5. The Morgan fingerprint density at radius 3 is 2.33 bits per heavy atom. The van der Waals surface area contributed by atoms with E-state index in [1.54, 1.807) is 45.2 Å². The Morgan fingerprint density at radius 2 is 1.79 bits per heavy atom. The number of nitro benzene ring substituents is 1. The van der Waals surface area contributed by atoms with E-state index in [9.17, 15) is 18.5 Å². The van der Waals surface area contributed by atoms with Gasteiger partial charge in [0.05, 0.1) is 16.9 Å². The van der Waals surface area contributed by atoms with Gasteiger partial charge < -0.3 is 4.74 Å². The molecule has 128 valence electrons. The Bertz CT molecular complexity index is 847. The molecule has 8 heteroatoms. The molecule has 0 aliphatic carbocycles. The lowest BCUT2D eigenvalue weighted by molar-refractivity contribution is -0.385. The molecule has 2 rings (SSSR count). The predicted octanol–water partition coefficient (Wildman–Crippen LogP) is 2.95. The van der Waals surface area contributed by atoms with Crippen molar-refractivity contribution in [2.24, 2.45) is 0 Å². The van der Waals surface area contributed by atoms with E-state index >= 15 is 0 Å². The van der Waals surface area contributed by atoms with Crippen LogP contribution in [0.2, 0.25) is 0 Å². The summed E-state index contributed by atoms with van der Waals surface area (Å²) in [5.41, 5.74) is 0.926. The first-order valence-electron chi connectivity index (χ1n) is 7.16. The minimum atomic E-state index is -3.90. The van der Waals surface area contributed by atoms with Gasteiger partial charge in [0.15, 0.2) is 0 Å². The first kappa shape index (κ1) is 17.9. The van der Waals surface area contributed by atoms with Crippen molar-refractivity contribution >= 4 is 15.7 Å². The van der Waals surface area contributed by atoms with Gasteiger partial charge in [0.2, 0.25) is 10.0 Å². The minimum Gasteiger partial charge on any atom is -0.497 e. The summed E-state index contributed by atoms with van der Waals surface area (Å²) in [5.74, 6) is 0.670. The maximum Gasteiger partial charge on any atom is 0.270 e. The highest BCUT2D eigenvalue weighted by Crippen LogP contribution is 2.24. The third-order valence-electron chi connectivity index (χ3n) is 3.62. The fourth-order valence-electron chi connectivity index (χ4n) is 2.25. The maximum atomic E-state index is 12.6. The van der Waals surface area contributed by atoms with E-state index in [-0.39, 0.29) is 10.6 Å². The highest BCUT2D eigenvalue weighted by atomic mass is 32.2. The average Bonchev–Trinajstić information content (AvgIpc) is 2.54. The molecule has 0 saturated carbocycles. The Hall–Kier alpha value is -2.45. The van der Waals surface area contributed by atoms with Crippen LogP contribution in [0.4, 0.5) is 5.69 Å². The Balaban J connectivity index is 2.30. The van der Waals surface area contributed by atoms with E-state index in [1.165, 1.54) is 12.1 Å². The van der Waals surface area contributed by atoms with E-state index in [2.05, 4.69) is 4.72 Å². The molecule has 0 aliphatic rings. The number of nitrogens with one attached hydrogen (secondary N) is 1. The van der Waals surface area contributed by atoms with Gasteiger partial charge in [0, 0.05) is 18.2 Å². The summed E-state index contributed by atoms with van der Waals surface area (Å²) in [5, 5.41) is 10.9. The van der Waals surface area contributed by atoms with Crippen molar-refractivity contribution in [2.45, 2.75) is 24.8 Å². The third kappa shape index (κ3) is 3.90. The van der Waals surface area contributed by atoms with Gasteiger partial charge in [-0.2, -0.15) is 0 Å². The van der Waals surface area contributed by atoms with Crippen molar-refractivity contribution in [3.63, 3.8) is 0 Å². The van der Waals surface area contributed by atoms with Crippen molar-refractivity contribution in [3.05, 3.63) is 63.7 Å². The zero-order valence-corrected chi connectivity index (χ0v) is 14.3. The van der Waals surface area contributed by atoms with Crippen LogP contribution in [0, 0.1) is 17.0 Å². The lowest BCUT2D eigenvalue weighted by Crippen LogP contribution is -2.27. The van der Waals surface area contributed by atoms with Crippen LogP contribution in [-0.4, -0.2) is 20.5 Å². The number of sulfonamides is 1. The summed E-state index contributed by atoms with van der Waals surface area (Å²) in [6.07, 6.45) is 0. The minimum absolute atomic E-state index is 0.0999. The predicted molar refractivity (Wildman–Crippen MR) is 89.6 cm³/mol. The molecule has 2 aromatic carbocycles. The van der Waals surface area contributed by atoms with Crippen molar-refractivity contribution in [3.8, 4) is 5.75 Å². The van der Waals surface area contributed by atoms with Gasteiger partial charge in [-0.25, -0.2) is 13.1 Å². The van der Waals surface area contributed by atoms with Crippen molar-refractivity contribution in [1.82, 2.24) is 4.72 Å². The third-order valence-corrected chi connectivity index (χ3v) is 5.30. The molecule has 7 nitrogen and oxygen atoms in total. The van der Waals surface area contributed by atoms with Gasteiger partial charge in [0.25, 0.3) is 5.69 Å². The van der Waals surface area contributed by atoms with Gasteiger partial charge in [-0.1, -0.05) is 18.2 Å². The van der Waals surface area contributed by atoms with E-state index in [4.69, 9.17) is 4.74 Å². The molecule has 0 unspecified atom stereocenters. The normalized spacial score (nSPS) is 12.6. The highest BCUT2D eigenvalue weighted by molar-refractivity contribution is 7.89. The highest BCUT2D eigenvalue weighted by Gasteiger charge is 2.23. The zero-order chi connectivity index (χ0) is 17.9. The molecule has 0 heterocycles. The quantitative estimate of drug-likeness (QED) is 0.638. The molecule has 0 saturated heterocycles. The largest absolute Gasteiger partial charge is 0.497 e. The second kappa shape index (κ2) is 6.98. The average molecular weight is 350 g/mol. The summed E-state index contributed by atoms with van der Waals surface area (Å²) >= 11 is 0. The summed E-state index contributed by atoms with van der Waals surface area (Å²) < 4.78 is 32.8. The number of methoxy groups -OCH3 is 1. The van der Waals surface area contributed by atoms with Crippen LogP contribution in [0.25, 0.3) is 0 Å². The summed E-state index contributed by atoms with van der Waals surface area (Å²) in [6, 6.07) is 10.3. The monoisotopic (exact) mass is 350 g/mol. The Kier molecular flexibility index (Phi) is 5.20. The van der Waals surface area contributed by atoms with Gasteiger partial charge in [-0.15, -0.1) is 0 Å². The van der Waals surface area contributed by atoms with Gasteiger partial charge in [0.1, 0.15) is 5.75 Å². The van der Waals surface area contributed by atoms with Crippen LogP contribution >= 0.6 is 0 Å². The Labute approximate surface area is 140 Å². The molecule has 2 aromatic rings. The molecule has 0 aliphatic heterocycles. The zero-order valence-electron chi connectivity index (χ0n) is 13.5. The second-order valence-corrected chi connectivity index (χ2v) is 7.01. The molecular weight excluding hydrogens is 332 g/mol. The molecule has 0 fully saturated rings. The fraction of sp³-hybridized carbons (Fsp3) is 0.250. The standard InChI is InChI=1S/C16H18N2O5S/c1-11-4-7-14(18(19)20)10-16(11)24(21,22)17-12(2)13-5-8-15(23-3)9-6-13/h4-10,12,17H,1-3H3/t12-/m1/s1. The molecule has 0 bridgehead atoms. The summed E-state index contributed by atoms with van der Waals surface area (Å²) in [4.78, 5) is 10.2. The molecule has 0 spiro atoms. The lowest BCUT2D eigenvalue weighted by Gasteiger charge is -2.16. The van der Waals surface area contributed by atoms with Crippen molar-refractivity contribution < 1.29 is 18.1 Å². The number of ether oxygens (including phenoxy) is 1. The van der Waals surface area contributed by atoms with Crippen LogP contribution in [-0.2, 0) is 10.0 Å². The van der Waals surface area contributed by atoms with Crippen molar-refractivity contribution in [1.29, 1.82) is 0 Å². The van der Waals surface area contributed by atoms with Crippen LogP contribution in [0.5, 0.6) is 5.75 Å². The molecule has 1 N–H and O–H groups in total. The number of non-ortho nitro benzene ring substituents is 1. The molecule has 0 radical (unpaired) electrons. The summed E-state index contributed by atoms with van der Waals surface area (Å²) in [6.45, 7) is 3.29. The van der Waals surface area contributed by atoms with E-state index in [1.807, 2.05) is 0 Å². The number of rotatable bonds is 6. The van der Waals surface area contributed by atoms with Crippen LogP contribution in [0.15, 0.2) is 47.4 Å². The van der Waals surface area contributed by atoms with Gasteiger partial charge in [-0.05, 0) is 37.1 Å². The first-order chi connectivity index (χ1) is 11.2. The molecule has 0 aromatic heterocycles. The summed E-state index contributed by atoms with van der Waals surface area (Å²) in [7, 11) is -2.35. The lowest BCUT2D eigenvalue weighted by atomic mass is 10.1. The second-order valence-electron chi connectivity index (χ2n) is 5.32. The van der Waals surface area contributed by atoms with E-state index in [0.717, 1.165) is 11.6 Å². The van der Waals surface area contributed by atoms with Crippen LogP contribution in [0.1, 0.15) is 24.1 Å². The first-order valence-corrected chi connectivity index (χ1v) is 8.64. The molecule has 1 atom stereocenters. The fourth-order valence-corrected chi connectivity index (χ4v) is 3.75. The molecule has 24 heavy (non-hydrogen) atoms. The van der Waals surface area contributed by atoms with Crippen LogP contribution in [0.3, 0.4) is 0 Å².